The van der Waals surface area contributed by atoms with Crippen LogP contribution in [0.3, 0.4) is 0 Å². The predicted octanol–water partition coefficient (Wildman–Crippen LogP) is 0.501. The van der Waals surface area contributed by atoms with Crippen molar-refractivity contribution in [3.8, 4) is 0 Å². The van der Waals surface area contributed by atoms with Gasteiger partial charge in [0, 0.05) is 5.56 Å². The van der Waals surface area contributed by atoms with Crippen LogP contribution >= 0.6 is 0 Å². The lowest BCUT2D eigenvalue weighted by Crippen LogP contribution is -2.12. The zero-order valence-electron chi connectivity index (χ0n) is 7.82. The molecule has 4 nitrogen and oxygen atoms in total. The number of hydrogen-bond acceptors (Lipinski definition) is 3. The zero-order valence-corrected chi connectivity index (χ0v) is 7.82. The number of carbonyl (C=O) groups is 2. The summed E-state index contributed by atoms with van der Waals surface area (Å²) >= 11 is 0. The third kappa shape index (κ3) is 2.58. The standard InChI is InChI=1S/C10H11NO3/c1-14-9(12)6-7-3-2-4-8(5-7)10(11)13/h2-5H,6H2,1H3,(H2,11,13). The van der Waals surface area contributed by atoms with Crippen molar-refractivity contribution in [3.63, 3.8) is 0 Å². The van der Waals surface area contributed by atoms with Crippen LogP contribution < -0.4 is 5.73 Å². The van der Waals surface area contributed by atoms with Crippen LogP contribution in [-0.4, -0.2) is 19.0 Å². The summed E-state index contributed by atoms with van der Waals surface area (Å²) in [7, 11) is 1.32. The molecule has 14 heavy (non-hydrogen) atoms. The van der Waals surface area contributed by atoms with Crippen molar-refractivity contribution < 1.29 is 14.3 Å². The van der Waals surface area contributed by atoms with Crippen LogP contribution in [0.1, 0.15) is 15.9 Å². The first-order valence-corrected chi connectivity index (χ1v) is 4.09. The molecular formula is C10H11NO3. The highest BCUT2D eigenvalue weighted by molar-refractivity contribution is 5.93. The first-order chi connectivity index (χ1) is 6.63. The smallest absolute Gasteiger partial charge is 0.309 e. The van der Waals surface area contributed by atoms with E-state index in [-0.39, 0.29) is 12.4 Å². The number of methoxy groups -OCH3 is 1. The number of esters is 1. The summed E-state index contributed by atoms with van der Waals surface area (Å²) < 4.78 is 4.50. The molecule has 0 aromatic heterocycles. The van der Waals surface area contributed by atoms with Crippen molar-refractivity contribution in [2.24, 2.45) is 5.73 Å². The van der Waals surface area contributed by atoms with Crippen molar-refractivity contribution in [3.05, 3.63) is 35.4 Å². The van der Waals surface area contributed by atoms with Gasteiger partial charge >= 0.3 is 5.97 Å². The highest BCUT2D eigenvalue weighted by atomic mass is 16.5. The molecule has 0 heterocycles. The maximum Gasteiger partial charge on any atom is 0.309 e. The molecule has 2 N–H and O–H groups in total. The van der Waals surface area contributed by atoms with Gasteiger partial charge in [-0.1, -0.05) is 12.1 Å². The largest absolute Gasteiger partial charge is 0.469 e. The van der Waals surface area contributed by atoms with Crippen LogP contribution in [0.5, 0.6) is 0 Å². The van der Waals surface area contributed by atoms with Crippen molar-refractivity contribution in [1.29, 1.82) is 0 Å². The van der Waals surface area contributed by atoms with Gasteiger partial charge in [0.1, 0.15) is 0 Å². The first kappa shape index (κ1) is 10.2. The lowest BCUT2D eigenvalue weighted by molar-refractivity contribution is -0.139. The summed E-state index contributed by atoms with van der Waals surface area (Å²) in [5, 5.41) is 0. The minimum absolute atomic E-state index is 0.150. The van der Waals surface area contributed by atoms with Gasteiger partial charge in [-0.05, 0) is 17.7 Å². The second kappa shape index (κ2) is 4.41. The molecule has 0 saturated heterocycles. The first-order valence-electron chi connectivity index (χ1n) is 4.09. The maximum absolute atomic E-state index is 10.9. The SMILES string of the molecule is COC(=O)Cc1cccc(C(N)=O)c1. The van der Waals surface area contributed by atoms with E-state index in [4.69, 9.17) is 5.73 Å². The molecule has 74 valence electrons. The molecule has 4 heteroatoms. The number of ether oxygens (including phenoxy) is 1. The highest BCUT2D eigenvalue weighted by Crippen LogP contribution is 2.05. The lowest BCUT2D eigenvalue weighted by Gasteiger charge is -2.01. The summed E-state index contributed by atoms with van der Waals surface area (Å²) in [6, 6.07) is 6.60. The van der Waals surface area contributed by atoms with Gasteiger partial charge in [0.2, 0.25) is 5.91 Å². The van der Waals surface area contributed by atoms with E-state index in [9.17, 15) is 9.59 Å². The Morgan fingerprint density at radius 1 is 1.43 bits per heavy atom. The second-order valence-electron chi connectivity index (χ2n) is 2.82. The molecule has 0 aliphatic heterocycles. The molecule has 0 radical (unpaired) electrons. The molecule has 0 bridgehead atoms. The summed E-state index contributed by atoms with van der Waals surface area (Å²) in [6.07, 6.45) is 0.150. The van der Waals surface area contributed by atoms with Gasteiger partial charge in [0.25, 0.3) is 0 Å². The van der Waals surface area contributed by atoms with E-state index in [1.54, 1.807) is 24.3 Å². The predicted molar refractivity (Wildman–Crippen MR) is 50.7 cm³/mol. The molecule has 0 atom stereocenters. The number of primary amides is 1. The monoisotopic (exact) mass is 193 g/mol. The molecule has 0 spiro atoms. The van der Waals surface area contributed by atoms with E-state index >= 15 is 0 Å². The molecular weight excluding hydrogens is 182 g/mol. The average molecular weight is 193 g/mol. The molecule has 1 aromatic rings. The minimum atomic E-state index is -0.503. The van der Waals surface area contributed by atoms with E-state index < -0.39 is 5.91 Å². The zero-order chi connectivity index (χ0) is 10.6. The van der Waals surface area contributed by atoms with Crippen molar-refractivity contribution in [1.82, 2.24) is 0 Å². The van der Waals surface area contributed by atoms with E-state index in [1.807, 2.05) is 0 Å². The number of amides is 1. The molecule has 0 unspecified atom stereocenters. The quantitative estimate of drug-likeness (QED) is 0.710. The van der Waals surface area contributed by atoms with Gasteiger partial charge in [-0.15, -0.1) is 0 Å². The normalized spacial score (nSPS) is 9.50. The Labute approximate surface area is 81.7 Å². The Morgan fingerprint density at radius 3 is 2.71 bits per heavy atom. The van der Waals surface area contributed by atoms with Gasteiger partial charge < -0.3 is 10.5 Å². The number of nitrogens with two attached hydrogens (primary N) is 1. The molecule has 0 aliphatic carbocycles. The van der Waals surface area contributed by atoms with Crippen LogP contribution in [0.25, 0.3) is 0 Å². The third-order valence-corrected chi connectivity index (χ3v) is 1.79. The number of benzene rings is 1. The average Bonchev–Trinajstić information content (AvgIpc) is 2.18. The molecule has 0 saturated carbocycles. The number of carbonyl (C=O) groups excluding carboxylic acids is 2. The van der Waals surface area contributed by atoms with E-state index in [2.05, 4.69) is 4.74 Å². The Hall–Kier alpha value is -1.84. The van der Waals surface area contributed by atoms with Gasteiger partial charge in [-0.3, -0.25) is 9.59 Å². The summed E-state index contributed by atoms with van der Waals surface area (Å²) in [4.78, 5) is 21.7. The van der Waals surface area contributed by atoms with E-state index in [0.29, 0.717) is 11.1 Å². The Kier molecular flexibility index (Phi) is 3.23. The molecule has 1 rings (SSSR count). The molecule has 0 aliphatic rings. The fraction of sp³-hybridized carbons (Fsp3) is 0.200. The summed E-state index contributed by atoms with van der Waals surface area (Å²) in [6.45, 7) is 0. The van der Waals surface area contributed by atoms with Gasteiger partial charge in [-0.25, -0.2) is 0 Å². The van der Waals surface area contributed by atoms with E-state index in [0.717, 1.165) is 0 Å². The number of rotatable bonds is 3. The van der Waals surface area contributed by atoms with Crippen molar-refractivity contribution >= 4 is 11.9 Å². The van der Waals surface area contributed by atoms with Gasteiger partial charge in [-0.2, -0.15) is 0 Å². The van der Waals surface area contributed by atoms with Crippen LogP contribution in [0.2, 0.25) is 0 Å². The van der Waals surface area contributed by atoms with Crippen molar-refractivity contribution in [2.45, 2.75) is 6.42 Å². The van der Waals surface area contributed by atoms with Crippen LogP contribution in [0.4, 0.5) is 0 Å². The fourth-order valence-electron chi connectivity index (χ4n) is 1.07. The number of hydrogen-bond donors (Lipinski definition) is 1. The Balaban J connectivity index is 2.83. The van der Waals surface area contributed by atoms with Crippen molar-refractivity contribution in [2.75, 3.05) is 7.11 Å². The Morgan fingerprint density at radius 2 is 2.14 bits per heavy atom. The highest BCUT2D eigenvalue weighted by Gasteiger charge is 2.05. The second-order valence-corrected chi connectivity index (χ2v) is 2.82. The van der Waals surface area contributed by atoms with Gasteiger partial charge in [0.05, 0.1) is 13.5 Å². The summed E-state index contributed by atoms with van der Waals surface area (Å²) in [5.74, 6) is -0.844. The maximum atomic E-state index is 10.9. The van der Waals surface area contributed by atoms with Crippen LogP contribution in [-0.2, 0) is 16.0 Å². The molecule has 1 aromatic carbocycles. The summed E-state index contributed by atoms with van der Waals surface area (Å²) in [5.41, 5.74) is 6.20. The Bertz CT molecular complexity index is 360. The van der Waals surface area contributed by atoms with Crippen LogP contribution in [0.15, 0.2) is 24.3 Å². The molecule has 0 fully saturated rings. The van der Waals surface area contributed by atoms with E-state index in [1.165, 1.54) is 7.11 Å². The third-order valence-electron chi connectivity index (χ3n) is 1.79. The van der Waals surface area contributed by atoms with Gasteiger partial charge in [0.15, 0.2) is 0 Å². The minimum Gasteiger partial charge on any atom is -0.469 e. The topological polar surface area (TPSA) is 69.4 Å². The fourth-order valence-corrected chi connectivity index (χ4v) is 1.07. The lowest BCUT2D eigenvalue weighted by atomic mass is 10.1. The molecule has 1 amide bonds. The van der Waals surface area contributed by atoms with Crippen LogP contribution in [0, 0.1) is 0 Å².